The van der Waals surface area contributed by atoms with Crippen molar-refractivity contribution in [3.8, 4) is 5.75 Å². The molecule has 1 aliphatic heterocycles. The predicted molar refractivity (Wildman–Crippen MR) is 96.7 cm³/mol. The lowest BCUT2D eigenvalue weighted by Crippen LogP contribution is -2.29. The average Bonchev–Trinajstić information content (AvgIpc) is 2.62. The third-order valence-corrected chi connectivity index (χ3v) is 4.53. The fourth-order valence-corrected chi connectivity index (χ4v) is 3.17. The van der Waals surface area contributed by atoms with Gasteiger partial charge in [-0.25, -0.2) is 9.97 Å². The minimum atomic E-state index is 0.494. The summed E-state index contributed by atoms with van der Waals surface area (Å²) in [6.07, 6.45) is 2.41. The number of rotatable bonds is 5. The van der Waals surface area contributed by atoms with Gasteiger partial charge in [0.1, 0.15) is 17.4 Å². The number of nitrogens with zero attached hydrogens (tertiary/aromatic N) is 3. The second-order valence-electron chi connectivity index (χ2n) is 6.45. The van der Waals surface area contributed by atoms with Gasteiger partial charge >= 0.3 is 0 Å². The lowest BCUT2D eigenvalue weighted by atomic mass is 9.96. The molecule has 2 heterocycles. The highest BCUT2D eigenvalue weighted by atomic mass is 16.5. The fraction of sp³-hybridized carbons (Fsp3) is 0.474. The first-order valence-electron chi connectivity index (χ1n) is 8.56. The standard InChI is InChI=1S/C19H26N4O/c1-14-21-18(16-5-4-10-20-12-16)11-19(22-14)23(2)13-15-6-8-17(24-3)9-7-15/h6-9,11,16,20H,4-5,10,12-13H2,1-3H3/t16-/m0/s1. The van der Waals surface area contributed by atoms with Crippen LogP contribution in [0.5, 0.6) is 5.75 Å². The summed E-state index contributed by atoms with van der Waals surface area (Å²) < 4.78 is 5.22. The van der Waals surface area contributed by atoms with E-state index in [4.69, 9.17) is 4.74 Å². The van der Waals surface area contributed by atoms with Gasteiger partial charge in [0.25, 0.3) is 0 Å². The van der Waals surface area contributed by atoms with Crippen molar-refractivity contribution in [3.63, 3.8) is 0 Å². The molecule has 0 spiro atoms. The van der Waals surface area contributed by atoms with Gasteiger partial charge in [-0.15, -0.1) is 0 Å². The van der Waals surface area contributed by atoms with Gasteiger partial charge in [0.2, 0.25) is 0 Å². The maximum atomic E-state index is 5.22. The second kappa shape index (κ2) is 7.62. The third-order valence-electron chi connectivity index (χ3n) is 4.53. The van der Waals surface area contributed by atoms with Crippen LogP contribution in [0.15, 0.2) is 30.3 Å². The molecule has 3 rings (SSSR count). The van der Waals surface area contributed by atoms with Gasteiger partial charge in [-0.3, -0.25) is 0 Å². The Morgan fingerprint density at radius 1 is 1.25 bits per heavy atom. The van der Waals surface area contributed by atoms with E-state index in [-0.39, 0.29) is 0 Å². The topological polar surface area (TPSA) is 50.3 Å². The Morgan fingerprint density at radius 3 is 2.71 bits per heavy atom. The van der Waals surface area contributed by atoms with Crippen LogP contribution in [-0.2, 0) is 6.54 Å². The number of piperidine rings is 1. The molecule has 0 amide bonds. The van der Waals surface area contributed by atoms with Crippen LogP contribution in [0.3, 0.4) is 0 Å². The van der Waals surface area contributed by atoms with Crippen LogP contribution < -0.4 is 15.0 Å². The Kier molecular flexibility index (Phi) is 5.30. The first kappa shape index (κ1) is 16.7. The SMILES string of the molecule is COc1ccc(CN(C)c2cc([C@H]3CCCNC3)nc(C)n2)cc1. The summed E-state index contributed by atoms with van der Waals surface area (Å²) in [6.45, 7) is 4.91. The largest absolute Gasteiger partial charge is 0.497 e. The van der Waals surface area contributed by atoms with E-state index in [1.165, 1.54) is 18.4 Å². The number of aromatic nitrogens is 2. The van der Waals surface area contributed by atoms with Crippen LogP contribution in [0.4, 0.5) is 5.82 Å². The lowest BCUT2D eigenvalue weighted by Gasteiger charge is -2.24. The van der Waals surface area contributed by atoms with Crippen molar-refractivity contribution in [3.05, 3.63) is 47.4 Å². The quantitative estimate of drug-likeness (QED) is 0.915. The van der Waals surface area contributed by atoms with Gasteiger partial charge < -0.3 is 15.0 Å². The summed E-state index contributed by atoms with van der Waals surface area (Å²) in [5, 5.41) is 3.47. The number of benzene rings is 1. The minimum absolute atomic E-state index is 0.494. The van der Waals surface area contributed by atoms with Crippen molar-refractivity contribution < 1.29 is 4.74 Å². The van der Waals surface area contributed by atoms with Crippen LogP contribution in [0.25, 0.3) is 0 Å². The van der Waals surface area contributed by atoms with E-state index < -0.39 is 0 Å². The molecular weight excluding hydrogens is 300 g/mol. The molecule has 1 fully saturated rings. The molecule has 2 aromatic rings. The molecular formula is C19H26N4O. The number of nitrogens with one attached hydrogen (secondary N) is 1. The first-order chi connectivity index (χ1) is 11.7. The van der Waals surface area contributed by atoms with Gasteiger partial charge in [0, 0.05) is 32.1 Å². The van der Waals surface area contributed by atoms with Crippen molar-refractivity contribution in [2.24, 2.45) is 0 Å². The van der Waals surface area contributed by atoms with Crippen LogP contribution in [0.1, 0.15) is 35.8 Å². The Morgan fingerprint density at radius 2 is 2.04 bits per heavy atom. The molecule has 128 valence electrons. The molecule has 0 aliphatic carbocycles. The van der Waals surface area contributed by atoms with E-state index in [9.17, 15) is 0 Å². The van der Waals surface area contributed by atoms with E-state index in [0.717, 1.165) is 42.7 Å². The molecule has 1 aromatic carbocycles. The first-order valence-corrected chi connectivity index (χ1v) is 8.56. The van der Waals surface area contributed by atoms with Gasteiger partial charge in [-0.1, -0.05) is 12.1 Å². The van der Waals surface area contributed by atoms with Crippen LogP contribution in [0, 0.1) is 6.92 Å². The molecule has 0 bridgehead atoms. The normalized spacial score (nSPS) is 17.5. The average molecular weight is 326 g/mol. The van der Waals surface area contributed by atoms with E-state index in [2.05, 4.69) is 45.4 Å². The molecule has 1 aromatic heterocycles. The van der Waals surface area contributed by atoms with Crippen LogP contribution in [0.2, 0.25) is 0 Å². The van der Waals surface area contributed by atoms with Crippen molar-refractivity contribution in [1.29, 1.82) is 0 Å². The summed E-state index contributed by atoms with van der Waals surface area (Å²) in [6, 6.07) is 10.3. The molecule has 24 heavy (non-hydrogen) atoms. The molecule has 5 nitrogen and oxygen atoms in total. The van der Waals surface area contributed by atoms with Crippen molar-refractivity contribution in [1.82, 2.24) is 15.3 Å². The van der Waals surface area contributed by atoms with E-state index >= 15 is 0 Å². The van der Waals surface area contributed by atoms with Gasteiger partial charge in [0.05, 0.1) is 12.8 Å². The molecule has 1 saturated heterocycles. The maximum Gasteiger partial charge on any atom is 0.132 e. The summed E-state index contributed by atoms with van der Waals surface area (Å²) >= 11 is 0. The monoisotopic (exact) mass is 326 g/mol. The molecule has 0 saturated carbocycles. The van der Waals surface area contributed by atoms with Gasteiger partial charge in [-0.05, 0) is 44.0 Å². The zero-order chi connectivity index (χ0) is 16.9. The molecule has 1 atom stereocenters. The van der Waals surface area contributed by atoms with Crippen molar-refractivity contribution in [2.75, 3.05) is 32.1 Å². The number of methoxy groups -OCH3 is 1. The van der Waals surface area contributed by atoms with E-state index in [1.54, 1.807) is 7.11 Å². The number of ether oxygens (including phenoxy) is 1. The summed E-state index contributed by atoms with van der Waals surface area (Å²) in [5.74, 6) is 3.20. The summed E-state index contributed by atoms with van der Waals surface area (Å²) in [5.41, 5.74) is 2.39. The van der Waals surface area contributed by atoms with Crippen LogP contribution in [-0.4, -0.2) is 37.2 Å². The molecule has 0 unspecified atom stereocenters. The highest BCUT2D eigenvalue weighted by Gasteiger charge is 2.18. The Labute approximate surface area is 144 Å². The lowest BCUT2D eigenvalue weighted by molar-refractivity contribution is 0.414. The maximum absolute atomic E-state index is 5.22. The zero-order valence-corrected chi connectivity index (χ0v) is 14.7. The number of aryl methyl sites for hydroxylation is 1. The minimum Gasteiger partial charge on any atom is -0.497 e. The number of hydrogen-bond acceptors (Lipinski definition) is 5. The van der Waals surface area contributed by atoms with E-state index in [0.29, 0.717) is 5.92 Å². The predicted octanol–water partition coefficient (Wildman–Crippen LogP) is 2.90. The summed E-state index contributed by atoms with van der Waals surface area (Å²) in [7, 11) is 3.77. The molecule has 1 N–H and O–H groups in total. The number of hydrogen-bond donors (Lipinski definition) is 1. The Bertz CT molecular complexity index is 666. The van der Waals surface area contributed by atoms with Gasteiger partial charge in [-0.2, -0.15) is 0 Å². The van der Waals surface area contributed by atoms with Crippen molar-refractivity contribution in [2.45, 2.75) is 32.2 Å². The molecule has 5 heteroatoms. The second-order valence-corrected chi connectivity index (χ2v) is 6.45. The van der Waals surface area contributed by atoms with Crippen LogP contribution >= 0.6 is 0 Å². The smallest absolute Gasteiger partial charge is 0.132 e. The number of anilines is 1. The Balaban J connectivity index is 1.75. The highest BCUT2D eigenvalue weighted by Crippen LogP contribution is 2.25. The summed E-state index contributed by atoms with van der Waals surface area (Å²) in [4.78, 5) is 11.5. The van der Waals surface area contributed by atoms with Gasteiger partial charge in [0.15, 0.2) is 0 Å². The van der Waals surface area contributed by atoms with E-state index in [1.807, 2.05) is 19.1 Å². The van der Waals surface area contributed by atoms with Crippen molar-refractivity contribution >= 4 is 5.82 Å². The molecule has 0 radical (unpaired) electrons. The zero-order valence-electron chi connectivity index (χ0n) is 14.7. The highest BCUT2D eigenvalue weighted by molar-refractivity contribution is 5.41. The fourth-order valence-electron chi connectivity index (χ4n) is 3.17. The molecule has 1 aliphatic rings. The third kappa shape index (κ3) is 4.03. The Hall–Kier alpha value is -2.14.